The van der Waals surface area contributed by atoms with Crippen LogP contribution in [-0.2, 0) is 14.3 Å². The molecule has 0 saturated heterocycles. The zero-order chi connectivity index (χ0) is 16.1. The van der Waals surface area contributed by atoms with Crippen molar-refractivity contribution in [1.29, 1.82) is 0 Å². The van der Waals surface area contributed by atoms with Gasteiger partial charge in [-0.15, -0.1) is 0 Å². The summed E-state index contributed by atoms with van der Waals surface area (Å²) in [4.78, 5) is 23.6. The molecule has 0 aliphatic heterocycles. The lowest BCUT2D eigenvalue weighted by Crippen LogP contribution is -2.27. The maximum absolute atomic E-state index is 13.5. The molecule has 2 atom stereocenters. The van der Waals surface area contributed by atoms with E-state index in [0.29, 0.717) is 6.07 Å². The van der Waals surface area contributed by atoms with E-state index in [-0.39, 0.29) is 30.6 Å². The smallest absolute Gasteiger partial charge is 0.306 e. The van der Waals surface area contributed by atoms with Crippen LogP contribution in [0.15, 0.2) is 18.2 Å². The van der Waals surface area contributed by atoms with Gasteiger partial charge >= 0.3 is 5.97 Å². The van der Waals surface area contributed by atoms with Gasteiger partial charge in [0.05, 0.1) is 18.1 Å². The number of carbonyl (C=O) groups excluding carboxylic acids is 2. The summed E-state index contributed by atoms with van der Waals surface area (Å²) in [7, 11) is 1.57. The number of esters is 1. The summed E-state index contributed by atoms with van der Waals surface area (Å²) in [5, 5.41) is 0. The van der Waals surface area contributed by atoms with Crippen LogP contribution in [0, 0.1) is 11.6 Å². The highest BCUT2D eigenvalue weighted by atomic mass is 19.1. The van der Waals surface area contributed by atoms with E-state index in [4.69, 9.17) is 9.47 Å². The van der Waals surface area contributed by atoms with Gasteiger partial charge in [0.1, 0.15) is 17.7 Å². The lowest BCUT2D eigenvalue weighted by molar-refractivity contribution is -0.154. The third-order valence-corrected chi connectivity index (χ3v) is 3.77. The molecule has 0 N–H and O–H groups in total. The fraction of sp³-hybridized carbons (Fsp3) is 0.500. The van der Waals surface area contributed by atoms with Crippen molar-refractivity contribution in [1.82, 2.24) is 0 Å². The predicted octanol–water partition coefficient (Wildman–Crippen LogP) is 3.04. The summed E-state index contributed by atoms with van der Waals surface area (Å²) >= 11 is 0. The Kier molecular flexibility index (Phi) is 5.60. The van der Waals surface area contributed by atoms with Crippen molar-refractivity contribution in [3.63, 3.8) is 0 Å². The van der Waals surface area contributed by atoms with Gasteiger partial charge in [0.25, 0.3) is 0 Å². The zero-order valence-corrected chi connectivity index (χ0v) is 12.3. The second-order valence-electron chi connectivity index (χ2n) is 5.28. The summed E-state index contributed by atoms with van der Waals surface area (Å²) in [6.07, 6.45) is 1.81. The number of ether oxygens (including phenoxy) is 2. The summed E-state index contributed by atoms with van der Waals surface area (Å²) in [5.74, 6) is -2.73. The second-order valence-corrected chi connectivity index (χ2v) is 5.28. The van der Waals surface area contributed by atoms with Crippen LogP contribution < -0.4 is 0 Å². The molecule has 4 nitrogen and oxygen atoms in total. The van der Waals surface area contributed by atoms with Crippen molar-refractivity contribution in [3.8, 4) is 0 Å². The normalized spacial score (nSPS) is 20.9. The lowest BCUT2D eigenvalue weighted by atomic mass is 10.1. The molecule has 1 aliphatic carbocycles. The van der Waals surface area contributed by atoms with Crippen LogP contribution in [-0.4, -0.2) is 31.1 Å². The molecule has 1 aliphatic rings. The number of ketones is 1. The molecule has 0 bridgehead atoms. The molecule has 1 aromatic carbocycles. The number of benzene rings is 1. The van der Waals surface area contributed by atoms with Crippen molar-refractivity contribution >= 4 is 11.8 Å². The molecule has 0 aromatic heterocycles. The third-order valence-electron chi connectivity index (χ3n) is 3.77. The fourth-order valence-electron chi connectivity index (χ4n) is 2.59. The second kappa shape index (κ2) is 7.45. The first-order valence-corrected chi connectivity index (χ1v) is 7.21. The monoisotopic (exact) mass is 312 g/mol. The van der Waals surface area contributed by atoms with Crippen LogP contribution in [0.4, 0.5) is 8.78 Å². The van der Waals surface area contributed by atoms with Crippen molar-refractivity contribution in [3.05, 3.63) is 35.4 Å². The van der Waals surface area contributed by atoms with Crippen LogP contribution in [0.1, 0.15) is 42.5 Å². The molecular formula is C16H18F2O4. The van der Waals surface area contributed by atoms with Gasteiger partial charge in [-0.2, -0.15) is 0 Å². The molecule has 0 heterocycles. The molecule has 2 rings (SSSR count). The Morgan fingerprint density at radius 2 is 1.91 bits per heavy atom. The minimum absolute atomic E-state index is 0.103. The summed E-state index contributed by atoms with van der Waals surface area (Å²) in [6, 6.07) is 2.74. The number of hydrogen-bond donors (Lipinski definition) is 0. The van der Waals surface area contributed by atoms with E-state index >= 15 is 0 Å². The molecule has 120 valence electrons. The lowest BCUT2D eigenvalue weighted by Gasteiger charge is -2.18. The predicted molar refractivity (Wildman–Crippen MR) is 74.5 cm³/mol. The Hall–Kier alpha value is -1.82. The first kappa shape index (κ1) is 16.5. The number of rotatable bonds is 6. The number of methoxy groups -OCH3 is 1. The molecule has 0 amide bonds. The number of Topliss-reactive ketones (excluding diaryl/α,β-unsaturated/α-hetero) is 1. The summed E-state index contributed by atoms with van der Waals surface area (Å²) in [5.41, 5.74) is -0.218. The van der Waals surface area contributed by atoms with E-state index in [2.05, 4.69) is 0 Å². The SMILES string of the molecule is CO[C@H]1CCC[C@H]1OC(=O)CCC(=O)c1ccc(F)cc1F. The molecule has 1 saturated carbocycles. The van der Waals surface area contributed by atoms with Gasteiger partial charge in [0.2, 0.25) is 0 Å². The Labute approximate surface area is 127 Å². The largest absolute Gasteiger partial charge is 0.460 e. The van der Waals surface area contributed by atoms with Crippen LogP contribution in [0.3, 0.4) is 0 Å². The minimum atomic E-state index is -0.923. The average Bonchev–Trinajstić information content (AvgIpc) is 2.92. The molecule has 1 fully saturated rings. The maximum Gasteiger partial charge on any atom is 0.306 e. The van der Waals surface area contributed by atoms with Crippen LogP contribution in [0.2, 0.25) is 0 Å². The Morgan fingerprint density at radius 3 is 2.59 bits per heavy atom. The topological polar surface area (TPSA) is 52.6 Å². The van der Waals surface area contributed by atoms with E-state index in [1.54, 1.807) is 7.11 Å². The van der Waals surface area contributed by atoms with Crippen LogP contribution in [0.5, 0.6) is 0 Å². The van der Waals surface area contributed by atoms with Crippen molar-refractivity contribution in [2.75, 3.05) is 7.11 Å². The van der Waals surface area contributed by atoms with E-state index in [1.165, 1.54) is 0 Å². The van der Waals surface area contributed by atoms with Gasteiger partial charge < -0.3 is 9.47 Å². The molecule has 0 spiro atoms. The third kappa shape index (κ3) is 4.10. The number of halogens is 2. The minimum Gasteiger partial charge on any atom is -0.460 e. The van der Waals surface area contributed by atoms with E-state index in [0.717, 1.165) is 31.4 Å². The Bertz CT molecular complexity index is 559. The summed E-state index contributed by atoms with van der Waals surface area (Å²) < 4.78 is 36.7. The number of carbonyl (C=O) groups is 2. The van der Waals surface area contributed by atoms with E-state index in [9.17, 15) is 18.4 Å². The van der Waals surface area contributed by atoms with Crippen LogP contribution >= 0.6 is 0 Å². The molecule has 6 heteroatoms. The Morgan fingerprint density at radius 1 is 1.18 bits per heavy atom. The highest BCUT2D eigenvalue weighted by Gasteiger charge is 2.30. The first-order valence-electron chi connectivity index (χ1n) is 7.21. The van der Waals surface area contributed by atoms with Gasteiger partial charge in [-0.05, 0) is 31.4 Å². The van der Waals surface area contributed by atoms with Crippen molar-refractivity contribution < 1.29 is 27.8 Å². The van der Waals surface area contributed by atoms with E-state index < -0.39 is 23.4 Å². The van der Waals surface area contributed by atoms with Crippen molar-refractivity contribution in [2.45, 2.75) is 44.3 Å². The van der Waals surface area contributed by atoms with Gasteiger partial charge in [0, 0.05) is 19.6 Å². The zero-order valence-electron chi connectivity index (χ0n) is 12.3. The van der Waals surface area contributed by atoms with Gasteiger partial charge in [0.15, 0.2) is 5.78 Å². The molecule has 0 radical (unpaired) electrons. The molecule has 22 heavy (non-hydrogen) atoms. The van der Waals surface area contributed by atoms with Crippen LogP contribution in [0.25, 0.3) is 0 Å². The number of hydrogen-bond acceptors (Lipinski definition) is 4. The highest BCUT2D eigenvalue weighted by Crippen LogP contribution is 2.25. The molecule has 0 unspecified atom stereocenters. The van der Waals surface area contributed by atoms with Gasteiger partial charge in [-0.25, -0.2) is 8.78 Å². The Balaban J connectivity index is 1.84. The summed E-state index contributed by atoms with van der Waals surface area (Å²) in [6.45, 7) is 0. The van der Waals surface area contributed by atoms with Gasteiger partial charge in [-0.1, -0.05) is 0 Å². The highest BCUT2D eigenvalue weighted by molar-refractivity contribution is 5.97. The maximum atomic E-state index is 13.5. The van der Waals surface area contributed by atoms with Gasteiger partial charge in [-0.3, -0.25) is 9.59 Å². The molecule has 1 aromatic rings. The van der Waals surface area contributed by atoms with E-state index in [1.807, 2.05) is 0 Å². The average molecular weight is 312 g/mol. The first-order chi connectivity index (χ1) is 10.5. The van der Waals surface area contributed by atoms with Crippen molar-refractivity contribution in [2.24, 2.45) is 0 Å². The molecular weight excluding hydrogens is 294 g/mol. The standard InChI is InChI=1S/C16H18F2O4/c1-21-14-3-2-4-15(14)22-16(20)8-7-13(19)11-6-5-10(17)9-12(11)18/h5-6,9,14-15H,2-4,7-8H2,1H3/t14-,15+/m0/s1. The fourth-order valence-corrected chi connectivity index (χ4v) is 2.59. The quantitative estimate of drug-likeness (QED) is 0.598.